The highest BCUT2D eigenvalue weighted by molar-refractivity contribution is 5.85. The fraction of sp³-hybridized carbons (Fsp3) is 0.600. The van der Waals surface area contributed by atoms with Gasteiger partial charge in [0, 0.05) is 32.7 Å². The lowest BCUT2D eigenvalue weighted by Crippen LogP contribution is -2.51. The number of rotatable bonds is 8. The van der Waals surface area contributed by atoms with Crippen molar-refractivity contribution in [2.45, 2.75) is 32.9 Å². The summed E-state index contributed by atoms with van der Waals surface area (Å²) in [6.45, 7) is 8.90. The highest BCUT2D eigenvalue weighted by Gasteiger charge is 2.24. The van der Waals surface area contributed by atoms with Crippen LogP contribution in [0, 0.1) is 5.92 Å². The summed E-state index contributed by atoms with van der Waals surface area (Å²) >= 11 is 0. The second-order valence-electron chi connectivity index (χ2n) is 7.31. The zero-order valence-electron chi connectivity index (χ0n) is 16.1. The Morgan fingerprint density at radius 3 is 2.27 bits per heavy atom. The molecule has 6 nitrogen and oxygen atoms in total. The molecule has 0 spiro atoms. The summed E-state index contributed by atoms with van der Waals surface area (Å²) in [4.78, 5) is 28.7. The molecular weight excluding hydrogens is 330 g/mol. The number of hydrogen-bond acceptors (Lipinski definition) is 5. The molecule has 0 bridgehead atoms. The molecule has 0 saturated carbocycles. The van der Waals surface area contributed by atoms with Gasteiger partial charge in [-0.15, -0.1) is 0 Å². The molecule has 0 unspecified atom stereocenters. The number of benzene rings is 1. The molecule has 26 heavy (non-hydrogen) atoms. The van der Waals surface area contributed by atoms with Crippen LogP contribution in [0.5, 0.6) is 0 Å². The first-order valence-electron chi connectivity index (χ1n) is 9.33. The van der Waals surface area contributed by atoms with E-state index < -0.39 is 6.04 Å². The molecule has 1 aromatic rings. The topological polar surface area (TPSA) is 61.9 Å². The fourth-order valence-electron chi connectivity index (χ4n) is 3.22. The van der Waals surface area contributed by atoms with Crippen molar-refractivity contribution in [1.82, 2.24) is 15.1 Å². The molecule has 0 radical (unpaired) electrons. The molecule has 1 heterocycles. The van der Waals surface area contributed by atoms with Crippen LogP contribution in [0.25, 0.3) is 0 Å². The first kappa shape index (κ1) is 20.4. The number of amides is 1. The lowest BCUT2D eigenvalue weighted by Gasteiger charge is -2.34. The van der Waals surface area contributed by atoms with Gasteiger partial charge in [-0.05, 0) is 17.9 Å². The van der Waals surface area contributed by atoms with Crippen molar-refractivity contribution in [2.75, 3.05) is 39.8 Å². The van der Waals surface area contributed by atoms with Crippen molar-refractivity contribution in [1.29, 1.82) is 0 Å². The van der Waals surface area contributed by atoms with Gasteiger partial charge in [-0.3, -0.25) is 14.6 Å². The van der Waals surface area contributed by atoms with E-state index in [-0.39, 0.29) is 11.9 Å². The average molecular weight is 361 g/mol. The van der Waals surface area contributed by atoms with E-state index in [0.717, 1.165) is 32.7 Å². The molecule has 1 fully saturated rings. The average Bonchev–Trinajstić information content (AvgIpc) is 2.62. The van der Waals surface area contributed by atoms with Crippen molar-refractivity contribution >= 4 is 11.9 Å². The van der Waals surface area contributed by atoms with Gasteiger partial charge in [0.1, 0.15) is 6.04 Å². The van der Waals surface area contributed by atoms with Gasteiger partial charge in [0.05, 0.1) is 13.7 Å². The summed E-state index contributed by atoms with van der Waals surface area (Å²) in [5.41, 5.74) is 1.31. The molecule has 6 heteroatoms. The van der Waals surface area contributed by atoms with Crippen LogP contribution >= 0.6 is 0 Å². The van der Waals surface area contributed by atoms with Crippen LogP contribution in [0.4, 0.5) is 0 Å². The van der Waals surface area contributed by atoms with Crippen LogP contribution < -0.4 is 5.32 Å². The number of ether oxygens (including phenoxy) is 1. The van der Waals surface area contributed by atoms with Crippen LogP contribution in [0.15, 0.2) is 30.3 Å². The molecule has 1 aliphatic rings. The van der Waals surface area contributed by atoms with Gasteiger partial charge in [0.15, 0.2) is 0 Å². The predicted molar refractivity (Wildman–Crippen MR) is 102 cm³/mol. The zero-order chi connectivity index (χ0) is 18.9. The molecule has 1 aromatic carbocycles. The van der Waals surface area contributed by atoms with Crippen LogP contribution in [0.3, 0.4) is 0 Å². The van der Waals surface area contributed by atoms with Crippen molar-refractivity contribution in [2.24, 2.45) is 5.92 Å². The predicted octanol–water partition coefficient (Wildman–Crippen LogP) is 1.51. The summed E-state index contributed by atoms with van der Waals surface area (Å²) in [5, 5.41) is 2.83. The summed E-state index contributed by atoms with van der Waals surface area (Å²) < 4.78 is 4.80. The highest BCUT2D eigenvalue weighted by Crippen LogP contribution is 2.09. The van der Waals surface area contributed by atoms with Crippen molar-refractivity contribution in [3.8, 4) is 0 Å². The molecule has 1 atom stereocenters. The van der Waals surface area contributed by atoms with E-state index >= 15 is 0 Å². The Morgan fingerprint density at radius 2 is 1.69 bits per heavy atom. The van der Waals surface area contributed by atoms with E-state index in [4.69, 9.17) is 4.74 Å². The van der Waals surface area contributed by atoms with E-state index in [9.17, 15) is 9.59 Å². The van der Waals surface area contributed by atoms with E-state index in [1.54, 1.807) is 0 Å². The highest BCUT2D eigenvalue weighted by atomic mass is 16.5. The van der Waals surface area contributed by atoms with Crippen molar-refractivity contribution < 1.29 is 14.3 Å². The van der Waals surface area contributed by atoms with Crippen LogP contribution in [-0.4, -0.2) is 67.6 Å². The third-order valence-electron chi connectivity index (χ3n) is 4.61. The van der Waals surface area contributed by atoms with E-state index in [2.05, 4.69) is 39.4 Å². The van der Waals surface area contributed by atoms with Gasteiger partial charge < -0.3 is 10.1 Å². The van der Waals surface area contributed by atoms with Crippen molar-refractivity contribution in [3.05, 3.63) is 35.9 Å². The second kappa shape index (κ2) is 10.3. The summed E-state index contributed by atoms with van der Waals surface area (Å²) in [7, 11) is 1.35. The maximum Gasteiger partial charge on any atom is 0.328 e. The van der Waals surface area contributed by atoms with Gasteiger partial charge in [0.2, 0.25) is 5.91 Å². The molecule has 1 amide bonds. The monoisotopic (exact) mass is 361 g/mol. The Kier molecular flexibility index (Phi) is 8.06. The molecule has 0 aliphatic carbocycles. The van der Waals surface area contributed by atoms with Gasteiger partial charge in [0.25, 0.3) is 0 Å². The minimum Gasteiger partial charge on any atom is -0.467 e. The first-order valence-corrected chi connectivity index (χ1v) is 9.33. The second-order valence-corrected chi connectivity index (χ2v) is 7.31. The third kappa shape index (κ3) is 6.77. The Hall–Kier alpha value is -1.92. The maximum atomic E-state index is 12.3. The minimum atomic E-state index is -0.563. The zero-order valence-corrected chi connectivity index (χ0v) is 16.1. The number of carbonyl (C=O) groups is 2. The van der Waals surface area contributed by atoms with E-state index in [1.165, 1.54) is 12.7 Å². The van der Waals surface area contributed by atoms with Gasteiger partial charge in [-0.25, -0.2) is 4.79 Å². The Labute approximate surface area is 156 Å². The number of hydrogen-bond donors (Lipinski definition) is 1. The molecule has 1 aliphatic heterocycles. The van der Waals surface area contributed by atoms with Crippen molar-refractivity contribution in [3.63, 3.8) is 0 Å². The molecule has 1 saturated heterocycles. The molecular formula is C20H31N3O3. The Morgan fingerprint density at radius 1 is 1.08 bits per heavy atom. The Bertz CT molecular complexity index is 569. The van der Waals surface area contributed by atoms with Crippen LogP contribution in [0.1, 0.15) is 25.8 Å². The maximum absolute atomic E-state index is 12.3. The minimum absolute atomic E-state index is 0.113. The number of piperazine rings is 1. The van der Waals surface area contributed by atoms with Gasteiger partial charge in [-0.1, -0.05) is 44.2 Å². The van der Waals surface area contributed by atoms with Gasteiger partial charge >= 0.3 is 5.97 Å². The molecule has 144 valence electrons. The largest absolute Gasteiger partial charge is 0.467 e. The van der Waals surface area contributed by atoms with Crippen LogP contribution in [0.2, 0.25) is 0 Å². The number of nitrogens with one attached hydrogen (secondary N) is 1. The summed E-state index contributed by atoms with van der Waals surface area (Å²) in [6, 6.07) is 9.87. The van der Waals surface area contributed by atoms with Gasteiger partial charge in [-0.2, -0.15) is 0 Å². The summed E-state index contributed by atoms with van der Waals surface area (Å²) in [6.07, 6.45) is 0.587. The number of carbonyl (C=O) groups excluding carboxylic acids is 2. The molecule has 2 rings (SSSR count). The quantitative estimate of drug-likeness (QED) is 0.711. The van der Waals surface area contributed by atoms with E-state index in [0.29, 0.717) is 18.9 Å². The summed E-state index contributed by atoms with van der Waals surface area (Å²) in [5.74, 6) is -0.182. The number of esters is 1. The lowest BCUT2D eigenvalue weighted by molar-refractivity contribution is -0.145. The smallest absolute Gasteiger partial charge is 0.328 e. The normalized spacial score (nSPS) is 17.1. The fourth-order valence-corrected chi connectivity index (χ4v) is 3.22. The molecule has 0 aromatic heterocycles. The SMILES string of the molecule is COC(=O)[C@@H](CC(C)C)NC(=O)CN1CCN(Cc2ccccc2)CC1. The number of nitrogens with zero attached hydrogens (tertiary/aromatic N) is 2. The van der Waals surface area contributed by atoms with E-state index in [1.807, 2.05) is 19.9 Å². The third-order valence-corrected chi connectivity index (χ3v) is 4.61. The number of methoxy groups -OCH3 is 1. The Balaban J connectivity index is 1.75. The lowest BCUT2D eigenvalue weighted by atomic mass is 10.0. The van der Waals surface area contributed by atoms with Crippen LogP contribution in [-0.2, 0) is 20.9 Å². The first-order chi connectivity index (χ1) is 12.5. The molecule has 1 N–H and O–H groups in total. The standard InChI is InChI=1S/C20H31N3O3/c1-16(2)13-18(20(25)26-3)21-19(24)15-23-11-9-22(10-12-23)14-17-7-5-4-6-8-17/h4-8,16,18H,9-15H2,1-3H3,(H,21,24)/t18-/m1/s1.